The van der Waals surface area contributed by atoms with E-state index in [1.165, 1.54) is 0 Å². The van der Waals surface area contributed by atoms with Crippen molar-refractivity contribution < 1.29 is 19.4 Å². The van der Waals surface area contributed by atoms with Gasteiger partial charge in [0.1, 0.15) is 0 Å². The van der Waals surface area contributed by atoms with Crippen molar-refractivity contribution in [3.05, 3.63) is 35.9 Å². The molecular weight excluding hydrogens is 270 g/mol. The summed E-state index contributed by atoms with van der Waals surface area (Å²) in [7, 11) is 0. The lowest BCUT2D eigenvalue weighted by molar-refractivity contribution is -0.145. The third-order valence-electron chi connectivity index (χ3n) is 3.36. The van der Waals surface area contributed by atoms with Gasteiger partial charge in [0, 0.05) is 19.0 Å². The van der Waals surface area contributed by atoms with Gasteiger partial charge in [-0.2, -0.15) is 0 Å². The summed E-state index contributed by atoms with van der Waals surface area (Å²) < 4.78 is 4.83. The van der Waals surface area contributed by atoms with Crippen LogP contribution in [0.2, 0.25) is 0 Å². The van der Waals surface area contributed by atoms with E-state index in [2.05, 4.69) is 5.32 Å². The molecule has 0 radical (unpaired) electrons. The molecule has 0 amide bonds. The predicted molar refractivity (Wildman–Crippen MR) is 79.7 cm³/mol. The van der Waals surface area contributed by atoms with E-state index in [4.69, 9.17) is 4.74 Å². The van der Waals surface area contributed by atoms with Crippen molar-refractivity contribution in [1.82, 2.24) is 5.32 Å². The number of rotatable bonds is 9. The number of carboxylic acids is 1. The molecule has 21 heavy (non-hydrogen) atoms. The number of ether oxygens (including phenoxy) is 1. The standard InChI is InChI=1S/C16H23NO4/c1-3-21-15(18)10-9-14(16(19)20)12(2)17-11-13-7-5-4-6-8-13/h4-8,12,14,17H,3,9-11H2,1-2H3,(H,19,20)/t12-,14+/m1/s1. The van der Waals surface area contributed by atoms with Gasteiger partial charge in [-0.3, -0.25) is 9.59 Å². The zero-order valence-corrected chi connectivity index (χ0v) is 12.5. The van der Waals surface area contributed by atoms with Crippen LogP contribution >= 0.6 is 0 Å². The quantitative estimate of drug-likeness (QED) is 0.683. The fraction of sp³-hybridized carbons (Fsp3) is 0.500. The molecule has 0 fully saturated rings. The minimum atomic E-state index is -0.896. The van der Waals surface area contributed by atoms with Crippen LogP contribution in [0.1, 0.15) is 32.3 Å². The van der Waals surface area contributed by atoms with Gasteiger partial charge in [0.2, 0.25) is 0 Å². The Labute approximate surface area is 125 Å². The van der Waals surface area contributed by atoms with Crippen LogP contribution in [-0.4, -0.2) is 29.7 Å². The number of carbonyl (C=O) groups excluding carboxylic acids is 1. The molecule has 0 aliphatic heterocycles. The Morgan fingerprint density at radius 3 is 2.52 bits per heavy atom. The minimum Gasteiger partial charge on any atom is -0.481 e. The number of carboxylic acid groups (broad SMARTS) is 1. The molecule has 0 unspecified atom stereocenters. The zero-order valence-electron chi connectivity index (χ0n) is 12.5. The summed E-state index contributed by atoms with van der Waals surface area (Å²) in [4.78, 5) is 22.7. The maximum atomic E-state index is 11.3. The van der Waals surface area contributed by atoms with Crippen LogP contribution in [0, 0.1) is 5.92 Å². The number of benzene rings is 1. The van der Waals surface area contributed by atoms with Gasteiger partial charge in [0.15, 0.2) is 0 Å². The van der Waals surface area contributed by atoms with Crippen LogP contribution in [0.25, 0.3) is 0 Å². The van der Waals surface area contributed by atoms with Crippen molar-refractivity contribution in [3.8, 4) is 0 Å². The van der Waals surface area contributed by atoms with Gasteiger partial charge >= 0.3 is 11.9 Å². The first-order valence-corrected chi connectivity index (χ1v) is 7.20. The van der Waals surface area contributed by atoms with Crippen LogP contribution < -0.4 is 5.32 Å². The molecule has 0 aromatic heterocycles. The second kappa shape index (κ2) is 9.13. The van der Waals surface area contributed by atoms with Gasteiger partial charge in [-0.05, 0) is 25.8 Å². The molecule has 5 nitrogen and oxygen atoms in total. The molecule has 0 saturated heterocycles. The number of carbonyl (C=O) groups is 2. The van der Waals surface area contributed by atoms with Gasteiger partial charge in [0.25, 0.3) is 0 Å². The highest BCUT2D eigenvalue weighted by Crippen LogP contribution is 2.13. The highest BCUT2D eigenvalue weighted by molar-refractivity contribution is 5.73. The topological polar surface area (TPSA) is 75.6 Å². The first kappa shape index (κ1) is 17.2. The maximum Gasteiger partial charge on any atom is 0.308 e. The van der Waals surface area contributed by atoms with Crippen LogP contribution in [0.15, 0.2) is 30.3 Å². The largest absolute Gasteiger partial charge is 0.481 e. The molecule has 2 atom stereocenters. The van der Waals surface area contributed by atoms with Crippen molar-refractivity contribution in [2.45, 2.75) is 39.3 Å². The minimum absolute atomic E-state index is 0.127. The second-order valence-corrected chi connectivity index (χ2v) is 4.94. The first-order valence-electron chi connectivity index (χ1n) is 7.20. The van der Waals surface area contributed by atoms with Crippen molar-refractivity contribution in [2.75, 3.05) is 6.61 Å². The van der Waals surface area contributed by atoms with E-state index in [1.807, 2.05) is 37.3 Å². The highest BCUT2D eigenvalue weighted by Gasteiger charge is 2.25. The van der Waals surface area contributed by atoms with Crippen LogP contribution in [-0.2, 0) is 20.9 Å². The van der Waals surface area contributed by atoms with Crippen molar-refractivity contribution in [2.24, 2.45) is 5.92 Å². The molecule has 5 heteroatoms. The van der Waals surface area contributed by atoms with Crippen molar-refractivity contribution >= 4 is 11.9 Å². The summed E-state index contributed by atoms with van der Waals surface area (Å²) in [6.45, 7) is 4.48. The number of aliphatic carboxylic acids is 1. The number of esters is 1. The summed E-state index contributed by atoms with van der Waals surface area (Å²) in [5.41, 5.74) is 1.10. The van der Waals surface area contributed by atoms with E-state index in [9.17, 15) is 14.7 Å². The smallest absolute Gasteiger partial charge is 0.308 e. The summed E-state index contributed by atoms with van der Waals surface area (Å²) in [6.07, 6.45) is 0.402. The molecule has 0 saturated carbocycles. The number of hydrogen-bond acceptors (Lipinski definition) is 4. The van der Waals surface area contributed by atoms with Crippen LogP contribution in [0.5, 0.6) is 0 Å². The first-order chi connectivity index (χ1) is 10.0. The van der Waals surface area contributed by atoms with Crippen molar-refractivity contribution in [3.63, 3.8) is 0 Å². The average molecular weight is 293 g/mol. The number of hydrogen-bond donors (Lipinski definition) is 2. The molecule has 0 aliphatic rings. The Hall–Kier alpha value is -1.88. The fourth-order valence-electron chi connectivity index (χ4n) is 2.11. The fourth-order valence-corrected chi connectivity index (χ4v) is 2.11. The van der Waals surface area contributed by atoms with E-state index < -0.39 is 11.9 Å². The van der Waals surface area contributed by atoms with E-state index in [0.717, 1.165) is 5.56 Å². The SMILES string of the molecule is CCOC(=O)CC[C@H](C(=O)O)[C@@H](C)NCc1ccccc1. The Morgan fingerprint density at radius 1 is 1.29 bits per heavy atom. The Morgan fingerprint density at radius 2 is 1.95 bits per heavy atom. The normalized spacial score (nSPS) is 13.4. The van der Waals surface area contributed by atoms with Gasteiger partial charge in [-0.1, -0.05) is 30.3 Å². The van der Waals surface area contributed by atoms with Gasteiger partial charge < -0.3 is 15.2 Å². The molecule has 0 aliphatic carbocycles. The van der Waals surface area contributed by atoms with Gasteiger partial charge in [0.05, 0.1) is 12.5 Å². The zero-order chi connectivity index (χ0) is 15.7. The molecule has 1 rings (SSSR count). The second-order valence-electron chi connectivity index (χ2n) is 4.94. The van der Waals surface area contributed by atoms with Crippen LogP contribution in [0.3, 0.4) is 0 Å². The summed E-state index contributed by atoms with van der Waals surface area (Å²) in [5, 5.41) is 12.5. The average Bonchev–Trinajstić information content (AvgIpc) is 2.46. The molecule has 0 bridgehead atoms. The highest BCUT2D eigenvalue weighted by atomic mass is 16.5. The van der Waals surface area contributed by atoms with E-state index in [-0.39, 0.29) is 24.9 Å². The van der Waals surface area contributed by atoms with E-state index in [0.29, 0.717) is 13.2 Å². The van der Waals surface area contributed by atoms with Gasteiger partial charge in [-0.25, -0.2) is 0 Å². The third-order valence-corrected chi connectivity index (χ3v) is 3.36. The summed E-state index contributed by atoms with van der Waals surface area (Å²) in [5.74, 6) is -1.86. The number of nitrogens with one attached hydrogen (secondary N) is 1. The molecule has 0 spiro atoms. The summed E-state index contributed by atoms with van der Waals surface area (Å²) in [6, 6.07) is 9.56. The van der Waals surface area contributed by atoms with Crippen molar-refractivity contribution in [1.29, 1.82) is 0 Å². The third kappa shape index (κ3) is 6.40. The Balaban J connectivity index is 2.47. The monoisotopic (exact) mass is 293 g/mol. The summed E-state index contributed by atoms with van der Waals surface area (Å²) >= 11 is 0. The van der Waals surface area contributed by atoms with E-state index >= 15 is 0 Å². The molecule has 1 aromatic carbocycles. The Kier molecular flexibility index (Phi) is 7.46. The molecular formula is C16H23NO4. The molecule has 2 N–H and O–H groups in total. The molecule has 1 aromatic rings. The molecule has 116 valence electrons. The predicted octanol–water partition coefficient (Wildman–Crippen LogP) is 2.21. The van der Waals surface area contributed by atoms with Crippen LogP contribution in [0.4, 0.5) is 0 Å². The van der Waals surface area contributed by atoms with Gasteiger partial charge in [-0.15, -0.1) is 0 Å². The molecule has 0 heterocycles. The lowest BCUT2D eigenvalue weighted by atomic mass is 9.95. The maximum absolute atomic E-state index is 11.3. The Bertz CT molecular complexity index is 447. The van der Waals surface area contributed by atoms with E-state index in [1.54, 1.807) is 6.92 Å². The lowest BCUT2D eigenvalue weighted by Gasteiger charge is -2.21. The lowest BCUT2D eigenvalue weighted by Crippen LogP contribution is -2.37.